The lowest BCUT2D eigenvalue weighted by atomic mass is 9.79. The largest absolute Gasteiger partial charge is 0.288 e. The van der Waals surface area contributed by atoms with Gasteiger partial charge in [-0.15, -0.1) is 0 Å². The molecular weight excluding hydrogens is 288 g/mol. The molecule has 0 aromatic rings. The van der Waals surface area contributed by atoms with Crippen LogP contribution in [0.25, 0.3) is 0 Å². The SMILES string of the molecule is CC(C)=CCC/C(C)=C/C=C1\C(=O)C(=O)C2=CCCC=C2C1=O. The van der Waals surface area contributed by atoms with Crippen LogP contribution in [0.2, 0.25) is 0 Å². The van der Waals surface area contributed by atoms with Crippen molar-refractivity contribution < 1.29 is 14.4 Å². The normalized spacial score (nSPS) is 20.2. The highest BCUT2D eigenvalue weighted by molar-refractivity contribution is 6.60. The average Bonchev–Trinajstić information content (AvgIpc) is 2.52. The maximum absolute atomic E-state index is 12.4. The van der Waals surface area contributed by atoms with Crippen molar-refractivity contribution in [2.45, 2.75) is 46.5 Å². The van der Waals surface area contributed by atoms with Gasteiger partial charge in [0.2, 0.25) is 11.6 Å². The van der Waals surface area contributed by atoms with E-state index in [-0.39, 0.29) is 16.9 Å². The number of hydrogen-bond donors (Lipinski definition) is 0. The zero-order chi connectivity index (χ0) is 17.0. The monoisotopic (exact) mass is 310 g/mol. The Morgan fingerprint density at radius 2 is 1.57 bits per heavy atom. The van der Waals surface area contributed by atoms with Gasteiger partial charge >= 0.3 is 0 Å². The fourth-order valence-corrected chi connectivity index (χ4v) is 2.65. The van der Waals surface area contributed by atoms with E-state index in [1.165, 1.54) is 11.6 Å². The predicted molar refractivity (Wildman–Crippen MR) is 90.9 cm³/mol. The summed E-state index contributed by atoms with van der Waals surface area (Å²) in [4.78, 5) is 36.7. The van der Waals surface area contributed by atoms with E-state index in [9.17, 15) is 14.4 Å². The molecule has 0 N–H and O–H groups in total. The minimum absolute atomic E-state index is 0.0122. The summed E-state index contributed by atoms with van der Waals surface area (Å²) in [5.41, 5.74) is 3.00. The van der Waals surface area contributed by atoms with Gasteiger partial charge in [0.15, 0.2) is 5.78 Å². The minimum atomic E-state index is -0.686. The second-order valence-corrected chi connectivity index (χ2v) is 6.21. The number of Topliss-reactive ketones (excluding diaryl/α,β-unsaturated/α-hetero) is 3. The van der Waals surface area contributed by atoms with Crippen molar-refractivity contribution in [3.8, 4) is 0 Å². The standard InChI is InChI=1S/C20H22O3/c1-13(2)7-6-8-14(3)11-12-17-18(21)15-9-4-5-10-16(15)19(22)20(17)23/h7,9-12H,4-6,8H2,1-3H3/b14-11+,17-12-. The molecule has 0 unspecified atom stereocenters. The fourth-order valence-electron chi connectivity index (χ4n) is 2.65. The molecule has 3 nitrogen and oxygen atoms in total. The van der Waals surface area contributed by atoms with E-state index in [2.05, 4.69) is 19.9 Å². The Morgan fingerprint density at radius 1 is 0.957 bits per heavy atom. The van der Waals surface area contributed by atoms with Gasteiger partial charge < -0.3 is 0 Å². The molecule has 1 saturated carbocycles. The molecule has 0 saturated heterocycles. The van der Waals surface area contributed by atoms with Gasteiger partial charge in [-0.25, -0.2) is 0 Å². The lowest BCUT2D eigenvalue weighted by molar-refractivity contribution is -0.134. The van der Waals surface area contributed by atoms with E-state index in [0.717, 1.165) is 24.8 Å². The second-order valence-electron chi connectivity index (χ2n) is 6.21. The molecule has 2 aliphatic rings. The highest BCUT2D eigenvalue weighted by atomic mass is 16.2. The highest BCUT2D eigenvalue weighted by Gasteiger charge is 2.38. The molecule has 0 aliphatic heterocycles. The Bertz CT molecular complexity index is 705. The third kappa shape index (κ3) is 3.92. The molecular formula is C20H22O3. The van der Waals surface area contributed by atoms with Crippen LogP contribution < -0.4 is 0 Å². The molecule has 0 radical (unpaired) electrons. The summed E-state index contributed by atoms with van der Waals surface area (Å²) in [5, 5.41) is 0. The lowest BCUT2D eigenvalue weighted by Gasteiger charge is -2.20. The van der Waals surface area contributed by atoms with Crippen LogP contribution in [0.5, 0.6) is 0 Å². The first-order valence-electron chi connectivity index (χ1n) is 7.97. The Balaban J connectivity index is 2.21. The van der Waals surface area contributed by atoms with Crippen LogP contribution in [0, 0.1) is 0 Å². The average molecular weight is 310 g/mol. The van der Waals surface area contributed by atoms with Crippen LogP contribution in [0.1, 0.15) is 46.5 Å². The first-order chi connectivity index (χ1) is 10.9. The van der Waals surface area contributed by atoms with Crippen molar-refractivity contribution in [1.29, 1.82) is 0 Å². The van der Waals surface area contributed by atoms with Crippen LogP contribution in [-0.2, 0) is 14.4 Å². The lowest BCUT2D eigenvalue weighted by Crippen LogP contribution is -2.33. The number of ketones is 3. The number of allylic oxidation sites excluding steroid dienone is 10. The van der Waals surface area contributed by atoms with Gasteiger partial charge in [-0.3, -0.25) is 14.4 Å². The molecule has 2 aliphatic carbocycles. The summed E-state index contributed by atoms with van der Waals surface area (Å²) in [5.74, 6) is -1.57. The third-order valence-corrected chi connectivity index (χ3v) is 3.96. The van der Waals surface area contributed by atoms with E-state index in [1.807, 2.05) is 6.92 Å². The van der Waals surface area contributed by atoms with Crippen molar-refractivity contribution in [1.82, 2.24) is 0 Å². The topological polar surface area (TPSA) is 51.2 Å². The van der Waals surface area contributed by atoms with E-state index < -0.39 is 11.6 Å². The minimum Gasteiger partial charge on any atom is -0.288 e. The highest BCUT2D eigenvalue weighted by Crippen LogP contribution is 2.29. The summed E-state index contributed by atoms with van der Waals surface area (Å²) in [6.45, 7) is 6.06. The summed E-state index contributed by atoms with van der Waals surface area (Å²) < 4.78 is 0. The van der Waals surface area contributed by atoms with Crippen molar-refractivity contribution in [2.24, 2.45) is 0 Å². The summed E-state index contributed by atoms with van der Waals surface area (Å²) >= 11 is 0. The van der Waals surface area contributed by atoms with Crippen LogP contribution in [0.15, 0.2) is 58.2 Å². The molecule has 0 atom stereocenters. The van der Waals surface area contributed by atoms with Crippen molar-refractivity contribution >= 4 is 17.3 Å². The zero-order valence-corrected chi connectivity index (χ0v) is 13.9. The maximum Gasteiger partial charge on any atom is 0.237 e. The van der Waals surface area contributed by atoms with Gasteiger partial charge in [-0.2, -0.15) is 0 Å². The van der Waals surface area contributed by atoms with Gasteiger partial charge in [0.25, 0.3) is 0 Å². The number of fused-ring (bicyclic) bond motifs is 1. The van der Waals surface area contributed by atoms with E-state index in [1.54, 1.807) is 18.2 Å². The molecule has 0 aromatic heterocycles. The van der Waals surface area contributed by atoms with Gasteiger partial charge in [0.05, 0.1) is 5.57 Å². The quantitative estimate of drug-likeness (QED) is 0.342. The van der Waals surface area contributed by atoms with Gasteiger partial charge in [0, 0.05) is 11.1 Å². The Hall–Kier alpha value is -2.29. The molecule has 0 heterocycles. The number of carbonyl (C=O) groups is 3. The maximum atomic E-state index is 12.4. The van der Waals surface area contributed by atoms with Crippen LogP contribution in [0.4, 0.5) is 0 Å². The third-order valence-electron chi connectivity index (χ3n) is 3.96. The Labute approximate surface area is 137 Å². The molecule has 0 spiro atoms. The first kappa shape index (κ1) is 17.1. The van der Waals surface area contributed by atoms with Gasteiger partial charge in [-0.05, 0) is 52.5 Å². The van der Waals surface area contributed by atoms with Crippen molar-refractivity contribution in [3.63, 3.8) is 0 Å². The van der Waals surface area contributed by atoms with Crippen LogP contribution in [0.3, 0.4) is 0 Å². The molecule has 3 heteroatoms. The first-order valence-corrected chi connectivity index (χ1v) is 7.97. The summed E-state index contributed by atoms with van der Waals surface area (Å²) in [6, 6.07) is 0. The van der Waals surface area contributed by atoms with Crippen LogP contribution in [-0.4, -0.2) is 17.3 Å². The molecule has 0 aromatic carbocycles. The molecule has 23 heavy (non-hydrogen) atoms. The van der Waals surface area contributed by atoms with Gasteiger partial charge in [-0.1, -0.05) is 35.5 Å². The van der Waals surface area contributed by atoms with Crippen molar-refractivity contribution in [2.75, 3.05) is 0 Å². The second kappa shape index (κ2) is 7.32. The predicted octanol–water partition coefficient (Wildman–Crippen LogP) is 3.97. The number of carbonyl (C=O) groups excluding carboxylic acids is 3. The summed E-state index contributed by atoms with van der Waals surface area (Å²) in [7, 11) is 0. The molecule has 0 bridgehead atoms. The van der Waals surface area contributed by atoms with Crippen LogP contribution >= 0.6 is 0 Å². The Kier molecular flexibility index (Phi) is 5.43. The van der Waals surface area contributed by atoms with E-state index in [4.69, 9.17) is 0 Å². The van der Waals surface area contributed by atoms with Gasteiger partial charge in [0.1, 0.15) is 0 Å². The van der Waals surface area contributed by atoms with Crippen molar-refractivity contribution in [3.05, 3.63) is 58.2 Å². The fraction of sp³-hybridized carbons (Fsp3) is 0.350. The van der Waals surface area contributed by atoms with E-state index >= 15 is 0 Å². The number of hydrogen-bond acceptors (Lipinski definition) is 3. The molecule has 120 valence electrons. The Morgan fingerprint density at radius 3 is 2.17 bits per heavy atom. The zero-order valence-electron chi connectivity index (χ0n) is 13.9. The molecule has 1 fully saturated rings. The summed E-state index contributed by atoms with van der Waals surface area (Å²) in [6.07, 6.45) is 12.1. The van der Waals surface area contributed by atoms with E-state index in [0.29, 0.717) is 12.0 Å². The number of rotatable bonds is 4. The smallest absolute Gasteiger partial charge is 0.237 e. The molecule has 2 rings (SSSR count). The molecule has 0 amide bonds.